The fourth-order valence-electron chi connectivity index (χ4n) is 2.61. The molecule has 0 aliphatic rings. The number of hydrogen-bond acceptors (Lipinski definition) is 4. The second-order valence-corrected chi connectivity index (χ2v) is 6.75. The standard InChI is InChI=1S/C22H42O4/c23-17-11-5-1-3-7-13-19-25-21-15-9-10-16-22-26-20-14-8-4-2-6-12-18-24/h15-16,21-24H,1-14,17-20H2/b21-15-,22-16-. The highest BCUT2D eigenvalue weighted by Gasteiger charge is 1.91. The van der Waals surface area contributed by atoms with Crippen LogP contribution in [0.4, 0.5) is 0 Å². The number of unbranched alkanes of at least 4 members (excludes halogenated alkanes) is 11. The van der Waals surface area contributed by atoms with Crippen LogP contribution in [0.5, 0.6) is 0 Å². The molecule has 0 spiro atoms. The van der Waals surface area contributed by atoms with E-state index in [4.69, 9.17) is 19.7 Å². The van der Waals surface area contributed by atoms with E-state index in [0.717, 1.165) is 64.6 Å². The molecular formula is C22H42O4. The lowest BCUT2D eigenvalue weighted by molar-refractivity contribution is 0.237. The summed E-state index contributed by atoms with van der Waals surface area (Å²) >= 11 is 0. The van der Waals surface area contributed by atoms with Gasteiger partial charge in [-0.2, -0.15) is 0 Å². The Hall–Kier alpha value is -1.00. The van der Waals surface area contributed by atoms with Crippen molar-refractivity contribution in [2.75, 3.05) is 26.4 Å². The van der Waals surface area contributed by atoms with Gasteiger partial charge in [-0.1, -0.05) is 51.4 Å². The third-order valence-corrected chi connectivity index (χ3v) is 4.23. The van der Waals surface area contributed by atoms with E-state index in [1.807, 2.05) is 12.5 Å². The lowest BCUT2D eigenvalue weighted by Crippen LogP contribution is -1.89. The summed E-state index contributed by atoms with van der Waals surface area (Å²) in [4.78, 5) is 0. The van der Waals surface area contributed by atoms with Crippen molar-refractivity contribution in [3.05, 3.63) is 24.7 Å². The summed E-state index contributed by atoms with van der Waals surface area (Å²) in [5, 5.41) is 17.4. The Morgan fingerprint density at radius 3 is 1.19 bits per heavy atom. The summed E-state index contributed by atoms with van der Waals surface area (Å²) in [5.41, 5.74) is 0. The van der Waals surface area contributed by atoms with Crippen molar-refractivity contribution in [1.29, 1.82) is 0 Å². The third kappa shape index (κ3) is 23.0. The van der Waals surface area contributed by atoms with Crippen LogP contribution in [0.2, 0.25) is 0 Å². The van der Waals surface area contributed by atoms with Gasteiger partial charge in [0.25, 0.3) is 0 Å². The monoisotopic (exact) mass is 370 g/mol. The molecule has 0 aromatic rings. The highest BCUT2D eigenvalue weighted by molar-refractivity contribution is 4.81. The first-order valence-corrected chi connectivity index (χ1v) is 10.7. The molecule has 154 valence electrons. The number of allylic oxidation sites excluding steroid dienone is 2. The van der Waals surface area contributed by atoms with Crippen molar-refractivity contribution in [3.8, 4) is 0 Å². The van der Waals surface area contributed by atoms with Crippen LogP contribution in [-0.2, 0) is 9.47 Å². The van der Waals surface area contributed by atoms with Crippen LogP contribution in [0.3, 0.4) is 0 Å². The lowest BCUT2D eigenvalue weighted by atomic mass is 10.1. The predicted molar refractivity (Wildman–Crippen MR) is 109 cm³/mol. The summed E-state index contributed by atoms with van der Waals surface area (Å²) in [6.45, 7) is 2.24. The zero-order valence-electron chi connectivity index (χ0n) is 16.7. The van der Waals surface area contributed by atoms with Crippen molar-refractivity contribution in [1.82, 2.24) is 0 Å². The molecule has 4 nitrogen and oxygen atoms in total. The van der Waals surface area contributed by atoms with Crippen molar-refractivity contribution in [3.63, 3.8) is 0 Å². The normalized spacial score (nSPS) is 11.6. The number of ether oxygens (including phenoxy) is 2. The highest BCUT2D eigenvalue weighted by atomic mass is 16.5. The quantitative estimate of drug-likeness (QED) is 0.207. The molecular weight excluding hydrogens is 328 g/mol. The van der Waals surface area contributed by atoms with Crippen molar-refractivity contribution >= 4 is 0 Å². The Bertz CT molecular complexity index is 273. The van der Waals surface area contributed by atoms with Crippen LogP contribution >= 0.6 is 0 Å². The van der Waals surface area contributed by atoms with Crippen molar-refractivity contribution < 1.29 is 19.7 Å². The Morgan fingerprint density at radius 1 is 0.462 bits per heavy atom. The molecule has 0 rings (SSSR count). The van der Waals surface area contributed by atoms with Gasteiger partial charge in [0.15, 0.2) is 0 Å². The first kappa shape index (κ1) is 25.0. The van der Waals surface area contributed by atoms with Crippen LogP contribution in [0.25, 0.3) is 0 Å². The van der Waals surface area contributed by atoms with Crippen molar-refractivity contribution in [2.24, 2.45) is 0 Å². The molecule has 2 N–H and O–H groups in total. The molecule has 4 heteroatoms. The van der Waals surface area contributed by atoms with E-state index in [1.54, 1.807) is 0 Å². The van der Waals surface area contributed by atoms with E-state index in [-0.39, 0.29) is 0 Å². The summed E-state index contributed by atoms with van der Waals surface area (Å²) in [6.07, 6.45) is 23.4. The van der Waals surface area contributed by atoms with Gasteiger partial charge in [0, 0.05) is 13.2 Å². The van der Waals surface area contributed by atoms with Gasteiger partial charge in [-0.05, 0) is 50.7 Å². The maximum absolute atomic E-state index is 8.69. The zero-order valence-corrected chi connectivity index (χ0v) is 16.7. The Kier molecular flexibility index (Phi) is 23.1. The van der Waals surface area contributed by atoms with Gasteiger partial charge < -0.3 is 19.7 Å². The highest BCUT2D eigenvalue weighted by Crippen LogP contribution is 2.06. The number of aliphatic hydroxyl groups excluding tert-OH is 2. The van der Waals surface area contributed by atoms with Crippen LogP contribution in [0.15, 0.2) is 24.7 Å². The average molecular weight is 371 g/mol. The predicted octanol–water partition coefficient (Wildman–Crippen LogP) is 5.49. The van der Waals surface area contributed by atoms with E-state index in [1.165, 1.54) is 38.5 Å². The average Bonchev–Trinajstić information content (AvgIpc) is 2.66. The first-order chi connectivity index (χ1) is 12.9. The van der Waals surface area contributed by atoms with E-state index in [0.29, 0.717) is 13.2 Å². The van der Waals surface area contributed by atoms with Crippen LogP contribution in [0.1, 0.15) is 89.9 Å². The van der Waals surface area contributed by atoms with Gasteiger partial charge >= 0.3 is 0 Å². The third-order valence-electron chi connectivity index (χ3n) is 4.23. The summed E-state index contributed by atoms with van der Waals surface area (Å²) in [5.74, 6) is 0. The molecule has 0 aromatic carbocycles. The summed E-state index contributed by atoms with van der Waals surface area (Å²) in [7, 11) is 0. The molecule has 0 heterocycles. The van der Waals surface area contributed by atoms with Gasteiger partial charge in [0.1, 0.15) is 0 Å². The second kappa shape index (κ2) is 24.0. The maximum Gasteiger partial charge on any atom is 0.0873 e. The molecule has 0 fully saturated rings. The SMILES string of the molecule is OCCCCCCCCO/C=C\CC/C=C\OCCCCCCCCO. The minimum Gasteiger partial charge on any atom is -0.502 e. The Morgan fingerprint density at radius 2 is 0.808 bits per heavy atom. The van der Waals surface area contributed by atoms with E-state index in [2.05, 4.69) is 12.2 Å². The van der Waals surface area contributed by atoms with E-state index in [9.17, 15) is 0 Å². The molecule has 0 aliphatic carbocycles. The molecule has 0 aromatic heterocycles. The van der Waals surface area contributed by atoms with E-state index < -0.39 is 0 Å². The molecule has 0 aliphatic heterocycles. The van der Waals surface area contributed by atoms with Crippen molar-refractivity contribution in [2.45, 2.75) is 89.9 Å². The molecule has 0 radical (unpaired) electrons. The first-order valence-electron chi connectivity index (χ1n) is 10.7. The van der Waals surface area contributed by atoms with Gasteiger partial charge in [-0.25, -0.2) is 0 Å². The Balaban J connectivity index is 3.14. The smallest absolute Gasteiger partial charge is 0.0873 e. The zero-order chi connectivity index (χ0) is 19.0. The largest absolute Gasteiger partial charge is 0.502 e. The van der Waals surface area contributed by atoms with E-state index >= 15 is 0 Å². The minimum absolute atomic E-state index is 0.321. The molecule has 0 amide bonds. The van der Waals surface area contributed by atoms with Gasteiger partial charge in [0.05, 0.1) is 25.7 Å². The number of hydrogen-bond donors (Lipinski definition) is 2. The molecule has 0 unspecified atom stereocenters. The molecule has 0 saturated heterocycles. The maximum atomic E-state index is 8.69. The molecule has 0 bridgehead atoms. The molecule has 0 saturated carbocycles. The lowest BCUT2D eigenvalue weighted by Gasteiger charge is -2.02. The summed E-state index contributed by atoms with van der Waals surface area (Å²) < 4.78 is 11.0. The molecule has 26 heavy (non-hydrogen) atoms. The topological polar surface area (TPSA) is 58.9 Å². The number of rotatable bonds is 21. The van der Waals surface area contributed by atoms with Crippen LogP contribution < -0.4 is 0 Å². The Labute approximate surface area is 161 Å². The second-order valence-electron chi connectivity index (χ2n) is 6.75. The number of aliphatic hydroxyl groups is 2. The molecule has 0 atom stereocenters. The fourth-order valence-corrected chi connectivity index (χ4v) is 2.61. The minimum atomic E-state index is 0.321. The van der Waals surface area contributed by atoms with Gasteiger partial charge in [-0.15, -0.1) is 0 Å². The van der Waals surface area contributed by atoms with Crippen LogP contribution in [-0.4, -0.2) is 36.6 Å². The fraction of sp³-hybridized carbons (Fsp3) is 0.818. The van der Waals surface area contributed by atoms with Gasteiger partial charge in [0.2, 0.25) is 0 Å². The van der Waals surface area contributed by atoms with Gasteiger partial charge in [-0.3, -0.25) is 0 Å². The summed E-state index contributed by atoms with van der Waals surface area (Å²) in [6, 6.07) is 0. The van der Waals surface area contributed by atoms with Crippen LogP contribution in [0, 0.1) is 0 Å².